The highest BCUT2D eigenvalue weighted by Crippen LogP contribution is 2.36. The number of rotatable bonds is 6. The summed E-state index contributed by atoms with van der Waals surface area (Å²) in [5, 5.41) is 0. The summed E-state index contributed by atoms with van der Waals surface area (Å²) in [6.45, 7) is 0.178. The van der Waals surface area contributed by atoms with Gasteiger partial charge in [-0.3, -0.25) is 4.79 Å². The van der Waals surface area contributed by atoms with Crippen molar-refractivity contribution in [3.05, 3.63) is 113 Å². The van der Waals surface area contributed by atoms with Gasteiger partial charge in [-0.2, -0.15) is 0 Å². The number of hydrogen-bond donors (Lipinski definition) is 1. The molecule has 1 aliphatic rings. The smallest absolute Gasteiger partial charge is 0.240 e. The van der Waals surface area contributed by atoms with Crippen LogP contribution in [0.4, 0.5) is 8.78 Å². The van der Waals surface area contributed by atoms with E-state index in [2.05, 4.69) is 0 Å². The predicted octanol–water partition coefficient (Wildman–Crippen LogP) is 4.89. The summed E-state index contributed by atoms with van der Waals surface area (Å²) in [7, 11) is 0. The second-order valence-electron chi connectivity index (χ2n) is 7.77. The van der Waals surface area contributed by atoms with Crippen LogP contribution in [0.3, 0.4) is 0 Å². The van der Waals surface area contributed by atoms with Crippen molar-refractivity contribution >= 4 is 11.5 Å². The number of carbonyl (C=O) groups is 1. The molecule has 158 valence electrons. The van der Waals surface area contributed by atoms with Crippen molar-refractivity contribution in [3.8, 4) is 0 Å². The molecule has 0 saturated heterocycles. The zero-order valence-corrected chi connectivity index (χ0v) is 17.0. The van der Waals surface area contributed by atoms with E-state index in [1.807, 2.05) is 66.7 Å². The van der Waals surface area contributed by atoms with Crippen molar-refractivity contribution in [2.45, 2.75) is 24.9 Å². The van der Waals surface area contributed by atoms with E-state index in [-0.39, 0.29) is 24.1 Å². The summed E-state index contributed by atoms with van der Waals surface area (Å²) in [5.41, 5.74) is 9.05. The lowest BCUT2D eigenvalue weighted by atomic mass is 10.0. The average Bonchev–Trinajstić information content (AvgIpc) is 3.25. The van der Waals surface area contributed by atoms with E-state index in [9.17, 15) is 13.6 Å². The minimum Gasteiger partial charge on any atom is -0.326 e. The molecular formula is C26H24F2N2O. The molecule has 0 saturated carbocycles. The van der Waals surface area contributed by atoms with Gasteiger partial charge in [-0.15, -0.1) is 0 Å². The highest BCUT2D eigenvalue weighted by Gasteiger charge is 2.33. The molecule has 2 atom stereocenters. The van der Waals surface area contributed by atoms with Gasteiger partial charge in [0.2, 0.25) is 5.91 Å². The Labute approximate surface area is 180 Å². The Morgan fingerprint density at radius 2 is 1.68 bits per heavy atom. The van der Waals surface area contributed by atoms with Crippen LogP contribution in [0.5, 0.6) is 0 Å². The van der Waals surface area contributed by atoms with Gasteiger partial charge >= 0.3 is 0 Å². The molecule has 0 fully saturated rings. The Balaban J connectivity index is 1.58. The Morgan fingerprint density at radius 1 is 1.00 bits per heavy atom. The molecule has 2 N–H and O–H groups in total. The fourth-order valence-corrected chi connectivity index (χ4v) is 3.98. The van der Waals surface area contributed by atoms with Crippen LogP contribution in [0.2, 0.25) is 0 Å². The van der Waals surface area contributed by atoms with Gasteiger partial charge in [0.25, 0.3) is 0 Å². The highest BCUT2D eigenvalue weighted by molar-refractivity contribution is 5.86. The Kier molecular flexibility index (Phi) is 6.23. The summed E-state index contributed by atoms with van der Waals surface area (Å²) in [6.07, 6.45) is 3.02. The molecule has 0 bridgehead atoms. The number of hydrogen-bond acceptors (Lipinski definition) is 2. The molecule has 0 spiro atoms. The Hall–Kier alpha value is -3.31. The highest BCUT2D eigenvalue weighted by atomic mass is 19.1. The number of amides is 1. The monoisotopic (exact) mass is 418 g/mol. The fourth-order valence-electron chi connectivity index (χ4n) is 3.98. The van der Waals surface area contributed by atoms with Gasteiger partial charge in [-0.1, -0.05) is 66.7 Å². The van der Waals surface area contributed by atoms with Crippen LogP contribution in [0.15, 0.2) is 84.9 Å². The van der Waals surface area contributed by atoms with Gasteiger partial charge in [-0.25, -0.2) is 8.78 Å². The minimum absolute atomic E-state index is 0.175. The molecule has 1 aliphatic heterocycles. The normalized spacial score (nSPS) is 16.8. The van der Waals surface area contributed by atoms with Crippen molar-refractivity contribution in [1.82, 2.24) is 4.90 Å². The maximum Gasteiger partial charge on any atom is 0.240 e. The number of halogens is 2. The third-order valence-corrected chi connectivity index (χ3v) is 5.64. The van der Waals surface area contributed by atoms with Gasteiger partial charge in [0.1, 0.15) is 11.6 Å². The van der Waals surface area contributed by atoms with Gasteiger partial charge < -0.3 is 10.6 Å². The molecule has 1 heterocycles. The summed E-state index contributed by atoms with van der Waals surface area (Å²) in [5.74, 6) is -1.23. The van der Waals surface area contributed by atoms with E-state index < -0.39 is 17.7 Å². The van der Waals surface area contributed by atoms with Crippen LogP contribution in [-0.4, -0.2) is 23.4 Å². The maximum atomic E-state index is 14.4. The molecule has 1 unspecified atom stereocenters. The van der Waals surface area contributed by atoms with Crippen LogP contribution in [-0.2, 0) is 11.2 Å². The molecule has 5 heteroatoms. The van der Waals surface area contributed by atoms with Crippen molar-refractivity contribution in [3.63, 3.8) is 0 Å². The summed E-state index contributed by atoms with van der Waals surface area (Å²) >= 11 is 0. The number of aryl methyl sites for hydroxylation is 1. The van der Waals surface area contributed by atoms with Crippen molar-refractivity contribution in [2.24, 2.45) is 5.73 Å². The standard InChI is InChI=1S/C26H24F2N2O/c27-21-12-13-23(28)22(16-21)20-15-25(19-9-5-2-6-10-19)30(17-20)26(31)24(29)14-11-18-7-3-1-4-8-18/h1-10,12-13,15-16,24-25H,11,14,17,29H2/t24-,25?/m0/s1. The van der Waals surface area contributed by atoms with E-state index in [1.165, 1.54) is 6.07 Å². The number of carbonyl (C=O) groups excluding carboxylic acids is 1. The lowest BCUT2D eigenvalue weighted by molar-refractivity contribution is -0.133. The third kappa shape index (κ3) is 4.72. The SMILES string of the molecule is N[C@@H](CCc1ccccc1)C(=O)N1CC(c2cc(F)ccc2F)=CC1c1ccccc1. The lowest BCUT2D eigenvalue weighted by Crippen LogP contribution is -2.44. The minimum atomic E-state index is -0.684. The van der Waals surface area contributed by atoms with Crippen LogP contribution < -0.4 is 5.73 Å². The second kappa shape index (κ2) is 9.23. The molecule has 4 rings (SSSR count). The maximum absolute atomic E-state index is 14.4. The van der Waals surface area contributed by atoms with E-state index in [0.717, 1.165) is 23.3 Å². The summed E-state index contributed by atoms with van der Waals surface area (Å²) in [4.78, 5) is 14.9. The van der Waals surface area contributed by atoms with Crippen LogP contribution in [0, 0.1) is 11.6 Å². The summed E-state index contributed by atoms with van der Waals surface area (Å²) in [6, 6.07) is 21.7. The third-order valence-electron chi connectivity index (χ3n) is 5.64. The van der Waals surface area contributed by atoms with Gasteiger partial charge in [0.15, 0.2) is 0 Å². The molecule has 1 amide bonds. The zero-order chi connectivity index (χ0) is 21.8. The predicted molar refractivity (Wildman–Crippen MR) is 118 cm³/mol. The number of nitrogens with two attached hydrogens (primary N) is 1. The van der Waals surface area contributed by atoms with Crippen LogP contribution in [0.25, 0.3) is 5.57 Å². The topological polar surface area (TPSA) is 46.3 Å². The molecular weight excluding hydrogens is 394 g/mol. The number of nitrogens with zero attached hydrogens (tertiary/aromatic N) is 1. The van der Waals surface area contributed by atoms with Gasteiger partial charge in [0.05, 0.1) is 12.1 Å². The van der Waals surface area contributed by atoms with E-state index in [4.69, 9.17) is 5.73 Å². The molecule has 31 heavy (non-hydrogen) atoms. The number of benzene rings is 3. The molecule has 3 aromatic rings. The van der Waals surface area contributed by atoms with Crippen molar-refractivity contribution in [2.75, 3.05) is 6.54 Å². The van der Waals surface area contributed by atoms with Crippen molar-refractivity contribution < 1.29 is 13.6 Å². The molecule has 0 aromatic heterocycles. The van der Waals surface area contributed by atoms with E-state index >= 15 is 0 Å². The van der Waals surface area contributed by atoms with Crippen LogP contribution in [0.1, 0.15) is 29.2 Å². The lowest BCUT2D eigenvalue weighted by Gasteiger charge is -2.28. The first-order chi connectivity index (χ1) is 15.0. The second-order valence-corrected chi connectivity index (χ2v) is 7.77. The Morgan fingerprint density at radius 3 is 2.39 bits per heavy atom. The largest absolute Gasteiger partial charge is 0.326 e. The fraction of sp³-hybridized carbons (Fsp3) is 0.192. The molecule has 0 radical (unpaired) electrons. The summed E-state index contributed by atoms with van der Waals surface area (Å²) < 4.78 is 28.2. The van der Waals surface area contributed by atoms with Crippen LogP contribution >= 0.6 is 0 Å². The average molecular weight is 418 g/mol. The van der Waals surface area contributed by atoms with Gasteiger partial charge in [0, 0.05) is 12.1 Å². The first-order valence-corrected chi connectivity index (χ1v) is 10.3. The zero-order valence-electron chi connectivity index (χ0n) is 17.0. The van der Waals surface area contributed by atoms with E-state index in [0.29, 0.717) is 18.4 Å². The molecule has 0 aliphatic carbocycles. The van der Waals surface area contributed by atoms with E-state index in [1.54, 1.807) is 4.90 Å². The van der Waals surface area contributed by atoms with Gasteiger partial charge in [-0.05, 0) is 47.7 Å². The Bertz CT molecular complexity index is 1080. The van der Waals surface area contributed by atoms with Crippen molar-refractivity contribution in [1.29, 1.82) is 0 Å². The first-order valence-electron chi connectivity index (χ1n) is 10.3. The molecule has 3 nitrogen and oxygen atoms in total. The quantitative estimate of drug-likeness (QED) is 0.619. The first kappa shape index (κ1) is 20.9. The molecule has 3 aromatic carbocycles.